The van der Waals surface area contributed by atoms with E-state index in [1.54, 1.807) is 11.3 Å². The Kier molecular flexibility index (Phi) is 6.81. The molecule has 3 nitrogen and oxygen atoms in total. The van der Waals surface area contributed by atoms with Gasteiger partial charge in [0.1, 0.15) is 0 Å². The van der Waals surface area contributed by atoms with Crippen molar-refractivity contribution in [1.29, 1.82) is 0 Å². The third-order valence-electron chi connectivity index (χ3n) is 3.38. The quantitative estimate of drug-likeness (QED) is 0.710. The zero-order valence-electron chi connectivity index (χ0n) is 11.1. The molecule has 0 radical (unpaired) electrons. The van der Waals surface area contributed by atoms with Gasteiger partial charge in [-0.25, -0.2) is 0 Å². The zero-order valence-corrected chi connectivity index (χ0v) is 13.5. The molecule has 0 aromatic carbocycles. The Labute approximate surface area is 127 Å². The van der Waals surface area contributed by atoms with Crippen molar-refractivity contribution >= 4 is 27.3 Å². The third-order valence-corrected chi connectivity index (χ3v) is 5.07. The van der Waals surface area contributed by atoms with Crippen LogP contribution in [0, 0.1) is 0 Å². The van der Waals surface area contributed by atoms with Gasteiger partial charge in [-0.05, 0) is 47.3 Å². The van der Waals surface area contributed by atoms with Gasteiger partial charge in [0.15, 0.2) is 0 Å². The van der Waals surface area contributed by atoms with Crippen LogP contribution in [0.3, 0.4) is 0 Å². The lowest BCUT2D eigenvalue weighted by atomic mass is 10.3. The summed E-state index contributed by atoms with van der Waals surface area (Å²) in [7, 11) is 0. The molecular weight excluding hydrogens is 326 g/mol. The van der Waals surface area contributed by atoms with E-state index in [4.69, 9.17) is 4.74 Å². The van der Waals surface area contributed by atoms with Gasteiger partial charge >= 0.3 is 0 Å². The van der Waals surface area contributed by atoms with Gasteiger partial charge in [0.2, 0.25) is 0 Å². The van der Waals surface area contributed by atoms with Crippen molar-refractivity contribution in [1.82, 2.24) is 5.32 Å². The van der Waals surface area contributed by atoms with Crippen LogP contribution in [0.4, 0.5) is 0 Å². The van der Waals surface area contributed by atoms with Crippen molar-refractivity contribution < 1.29 is 9.84 Å². The molecule has 0 amide bonds. The molecule has 0 spiro atoms. The molecule has 1 unspecified atom stereocenters. The predicted molar refractivity (Wildman–Crippen MR) is 82.8 cm³/mol. The molecule has 1 aliphatic carbocycles. The molecule has 19 heavy (non-hydrogen) atoms. The van der Waals surface area contributed by atoms with E-state index < -0.39 is 6.10 Å². The van der Waals surface area contributed by atoms with Crippen molar-refractivity contribution in [3.63, 3.8) is 0 Å². The first-order valence-corrected chi connectivity index (χ1v) is 8.59. The summed E-state index contributed by atoms with van der Waals surface area (Å²) in [6.45, 7) is 1.97. The summed E-state index contributed by atoms with van der Waals surface area (Å²) in [4.78, 5) is 1.36. The second-order valence-corrected chi connectivity index (χ2v) is 7.60. The van der Waals surface area contributed by atoms with Crippen LogP contribution in [0.5, 0.6) is 0 Å². The lowest BCUT2D eigenvalue weighted by Crippen LogP contribution is -2.32. The van der Waals surface area contributed by atoms with Crippen molar-refractivity contribution in [2.24, 2.45) is 0 Å². The van der Waals surface area contributed by atoms with Crippen molar-refractivity contribution in [2.75, 3.05) is 19.7 Å². The van der Waals surface area contributed by atoms with Gasteiger partial charge in [0, 0.05) is 18.0 Å². The van der Waals surface area contributed by atoms with E-state index in [9.17, 15) is 5.11 Å². The lowest BCUT2D eigenvalue weighted by Gasteiger charge is -2.15. The highest BCUT2D eigenvalue weighted by atomic mass is 79.9. The standard InChI is InChI=1S/C14H22BrNO2S/c15-14-6-5-13(19-14)7-8-16-9-11(17)10-18-12-3-1-2-4-12/h5-6,11-12,16-17H,1-4,7-10H2. The Balaban J connectivity index is 1.50. The van der Waals surface area contributed by atoms with E-state index in [1.807, 2.05) is 0 Å². The largest absolute Gasteiger partial charge is 0.389 e. The molecule has 1 aliphatic rings. The lowest BCUT2D eigenvalue weighted by molar-refractivity contribution is -0.00530. The van der Waals surface area contributed by atoms with Gasteiger partial charge in [-0.15, -0.1) is 11.3 Å². The molecule has 108 valence electrons. The van der Waals surface area contributed by atoms with Gasteiger partial charge in [0.05, 0.1) is 22.6 Å². The Morgan fingerprint density at radius 2 is 2.21 bits per heavy atom. The van der Waals surface area contributed by atoms with Crippen LogP contribution < -0.4 is 5.32 Å². The van der Waals surface area contributed by atoms with Gasteiger partial charge in [-0.2, -0.15) is 0 Å². The average molecular weight is 348 g/mol. The van der Waals surface area contributed by atoms with E-state index in [1.165, 1.54) is 21.5 Å². The summed E-state index contributed by atoms with van der Waals surface area (Å²) in [6.07, 6.45) is 5.87. The second-order valence-electron chi connectivity index (χ2n) is 5.05. The van der Waals surface area contributed by atoms with Crippen molar-refractivity contribution in [2.45, 2.75) is 44.3 Å². The Morgan fingerprint density at radius 3 is 2.89 bits per heavy atom. The molecule has 1 aromatic heterocycles. The van der Waals surface area contributed by atoms with Crippen molar-refractivity contribution in [3.05, 3.63) is 20.8 Å². The van der Waals surface area contributed by atoms with Gasteiger partial charge in [-0.1, -0.05) is 12.8 Å². The fraction of sp³-hybridized carbons (Fsp3) is 0.714. The number of nitrogens with one attached hydrogen (secondary N) is 1. The van der Waals surface area contributed by atoms with Crippen LogP contribution >= 0.6 is 27.3 Å². The molecule has 1 fully saturated rings. The number of aliphatic hydroxyl groups is 1. The minimum atomic E-state index is -0.393. The minimum Gasteiger partial charge on any atom is -0.389 e. The molecule has 1 saturated carbocycles. The SMILES string of the molecule is OC(CNCCc1ccc(Br)s1)COC1CCCC1. The van der Waals surface area contributed by atoms with Crippen LogP contribution in [0.2, 0.25) is 0 Å². The molecule has 0 saturated heterocycles. The van der Waals surface area contributed by atoms with Crippen LogP contribution in [0.1, 0.15) is 30.6 Å². The molecule has 1 atom stereocenters. The number of halogens is 1. The Hall–Kier alpha value is 0.0600. The fourth-order valence-electron chi connectivity index (χ4n) is 2.33. The van der Waals surface area contributed by atoms with E-state index >= 15 is 0 Å². The normalized spacial score (nSPS) is 18.0. The van der Waals surface area contributed by atoms with E-state index in [-0.39, 0.29) is 0 Å². The fourth-order valence-corrected chi connectivity index (χ4v) is 3.81. The number of ether oxygens (including phenoxy) is 1. The van der Waals surface area contributed by atoms with Crippen molar-refractivity contribution in [3.8, 4) is 0 Å². The highest BCUT2D eigenvalue weighted by Gasteiger charge is 2.16. The van der Waals surface area contributed by atoms with E-state index in [2.05, 4.69) is 33.4 Å². The third kappa shape index (κ3) is 5.92. The molecule has 1 aromatic rings. The van der Waals surface area contributed by atoms with Gasteiger partial charge in [0.25, 0.3) is 0 Å². The molecule has 5 heteroatoms. The van der Waals surface area contributed by atoms with Crippen LogP contribution in [-0.2, 0) is 11.2 Å². The molecular formula is C14H22BrNO2S. The first kappa shape index (κ1) is 15.4. The summed E-state index contributed by atoms with van der Waals surface area (Å²) in [6, 6.07) is 4.21. The van der Waals surface area contributed by atoms with E-state index in [0.717, 1.165) is 25.8 Å². The monoisotopic (exact) mass is 347 g/mol. The molecule has 2 N–H and O–H groups in total. The smallest absolute Gasteiger partial charge is 0.0897 e. The number of thiophene rings is 1. The van der Waals surface area contributed by atoms with Crippen LogP contribution in [0.15, 0.2) is 15.9 Å². The molecule has 0 aliphatic heterocycles. The summed E-state index contributed by atoms with van der Waals surface area (Å²) in [5.74, 6) is 0. The topological polar surface area (TPSA) is 41.5 Å². The highest BCUT2D eigenvalue weighted by Crippen LogP contribution is 2.22. The van der Waals surface area contributed by atoms with E-state index in [0.29, 0.717) is 19.3 Å². The predicted octanol–water partition coefficient (Wildman–Crippen LogP) is 2.96. The zero-order chi connectivity index (χ0) is 13.5. The minimum absolute atomic E-state index is 0.387. The highest BCUT2D eigenvalue weighted by molar-refractivity contribution is 9.11. The number of hydrogen-bond donors (Lipinski definition) is 2. The Morgan fingerprint density at radius 1 is 1.42 bits per heavy atom. The summed E-state index contributed by atoms with van der Waals surface area (Å²) >= 11 is 5.22. The maximum absolute atomic E-state index is 9.82. The summed E-state index contributed by atoms with van der Waals surface area (Å²) < 4.78 is 6.86. The summed E-state index contributed by atoms with van der Waals surface area (Å²) in [5, 5.41) is 13.1. The molecule has 2 rings (SSSR count). The maximum atomic E-state index is 9.82. The Bertz CT molecular complexity index is 366. The summed E-state index contributed by atoms with van der Waals surface area (Å²) in [5.41, 5.74) is 0. The molecule has 0 bridgehead atoms. The maximum Gasteiger partial charge on any atom is 0.0897 e. The number of hydrogen-bond acceptors (Lipinski definition) is 4. The van der Waals surface area contributed by atoms with Crippen LogP contribution in [-0.4, -0.2) is 37.0 Å². The first-order valence-electron chi connectivity index (χ1n) is 6.98. The van der Waals surface area contributed by atoms with Gasteiger partial charge in [-0.3, -0.25) is 0 Å². The first-order chi connectivity index (χ1) is 9.24. The van der Waals surface area contributed by atoms with Crippen LogP contribution in [0.25, 0.3) is 0 Å². The second kappa shape index (κ2) is 8.37. The number of rotatable bonds is 8. The number of aliphatic hydroxyl groups excluding tert-OH is 1. The average Bonchev–Trinajstić information content (AvgIpc) is 3.04. The molecule has 1 heterocycles. The van der Waals surface area contributed by atoms with Gasteiger partial charge < -0.3 is 15.2 Å².